The van der Waals surface area contributed by atoms with Gasteiger partial charge in [-0.25, -0.2) is 9.78 Å². The number of nitrogens with zero attached hydrogens (tertiary/aromatic N) is 2. The van der Waals surface area contributed by atoms with Gasteiger partial charge in [0.25, 0.3) is 0 Å². The molecule has 0 saturated carbocycles. The molecule has 108 valence electrons. The van der Waals surface area contributed by atoms with E-state index in [0.29, 0.717) is 12.4 Å². The molecular formula is C13H23N3O3. The number of carbonyl (C=O) groups is 1. The highest BCUT2D eigenvalue weighted by Crippen LogP contribution is 2.08. The number of hydrogen-bond donors (Lipinski definition) is 2. The van der Waals surface area contributed by atoms with Crippen LogP contribution in [0.15, 0.2) is 4.42 Å². The summed E-state index contributed by atoms with van der Waals surface area (Å²) in [6.45, 7) is 9.70. The van der Waals surface area contributed by atoms with Crippen LogP contribution in [0.3, 0.4) is 0 Å². The van der Waals surface area contributed by atoms with E-state index in [1.807, 2.05) is 27.7 Å². The number of amides is 2. The van der Waals surface area contributed by atoms with Crippen LogP contribution in [0.5, 0.6) is 0 Å². The SMILES string of the molecule is Cc1nc(CNC(=O)N(CC(C)O)C(C)C)oc1C. The molecule has 2 amide bonds. The van der Waals surface area contributed by atoms with Crippen molar-refractivity contribution in [3.63, 3.8) is 0 Å². The van der Waals surface area contributed by atoms with E-state index < -0.39 is 6.10 Å². The maximum Gasteiger partial charge on any atom is 0.318 e. The van der Waals surface area contributed by atoms with Crippen molar-refractivity contribution >= 4 is 6.03 Å². The third kappa shape index (κ3) is 4.55. The Morgan fingerprint density at radius 3 is 2.47 bits per heavy atom. The first-order valence-electron chi connectivity index (χ1n) is 6.46. The summed E-state index contributed by atoms with van der Waals surface area (Å²) in [5.41, 5.74) is 0.828. The van der Waals surface area contributed by atoms with Crippen molar-refractivity contribution in [3.8, 4) is 0 Å². The molecule has 0 spiro atoms. The summed E-state index contributed by atoms with van der Waals surface area (Å²) in [6.07, 6.45) is -0.556. The molecule has 6 heteroatoms. The third-order valence-electron chi connectivity index (χ3n) is 2.81. The van der Waals surface area contributed by atoms with Gasteiger partial charge in [0.2, 0.25) is 5.89 Å². The molecule has 2 N–H and O–H groups in total. The largest absolute Gasteiger partial charge is 0.444 e. The molecule has 0 aromatic carbocycles. The second-order valence-corrected chi connectivity index (χ2v) is 5.00. The van der Waals surface area contributed by atoms with Gasteiger partial charge in [0, 0.05) is 12.6 Å². The Kier molecular flexibility index (Phi) is 5.35. The van der Waals surface area contributed by atoms with Crippen molar-refractivity contribution in [1.82, 2.24) is 15.2 Å². The fourth-order valence-corrected chi connectivity index (χ4v) is 1.68. The molecule has 1 atom stereocenters. The zero-order chi connectivity index (χ0) is 14.6. The first-order valence-corrected chi connectivity index (χ1v) is 6.46. The minimum atomic E-state index is -0.556. The quantitative estimate of drug-likeness (QED) is 0.851. The molecule has 6 nitrogen and oxygen atoms in total. The van der Waals surface area contributed by atoms with Crippen LogP contribution in [-0.2, 0) is 6.54 Å². The van der Waals surface area contributed by atoms with E-state index in [2.05, 4.69) is 10.3 Å². The second-order valence-electron chi connectivity index (χ2n) is 5.00. The van der Waals surface area contributed by atoms with E-state index in [0.717, 1.165) is 11.5 Å². The van der Waals surface area contributed by atoms with Gasteiger partial charge in [-0.05, 0) is 34.6 Å². The molecule has 0 radical (unpaired) electrons. The summed E-state index contributed by atoms with van der Waals surface area (Å²) in [5.74, 6) is 1.25. The number of aliphatic hydroxyl groups is 1. The van der Waals surface area contributed by atoms with Gasteiger partial charge in [-0.15, -0.1) is 0 Å². The Morgan fingerprint density at radius 1 is 1.42 bits per heavy atom. The van der Waals surface area contributed by atoms with E-state index in [1.165, 1.54) is 0 Å². The van der Waals surface area contributed by atoms with E-state index in [9.17, 15) is 9.90 Å². The molecule has 1 rings (SSSR count). The van der Waals surface area contributed by atoms with Gasteiger partial charge in [0.1, 0.15) is 5.76 Å². The molecule has 1 aromatic rings. The van der Waals surface area contributed by atoms with Crippen LogP contribution in [-0.4, -0.2) is 39.7 Å². The molecule has 0 aliphatic carbocycles. The fourth-order valence-electron chi connectivity index (χ4n) is 1.68. The molecule has 0 saturated heterocycles. The number of carbonyl (C=O) groups excluding carboxylic acids is 1. The summed E-state index contributed by atoms with van der Waals surface area (Å²) in [4.78, 5) is 17.8. The van der Waals surface area contributed by atoms with Gasteiger partial charge < -0.3 is 19.7 Å². The monoisotopic (exact) mass is 269 g/mol. The summed E-state index contributed by atoms with van der Waals surface area (Å²) in [5, 5.41) is 12.1. The Balaban J connectivity index is 2.57. The van der Waals surface area contributed by atoms with Gasteiger partial charge >= 0.3 is 6.03 Å². The topological polar surface area (TPSA) is 78.6 Å². The third-order valence-corrected chi connectivity index (χ3v) is 2.81. The molecular weight excluding hydrogens is 246 g/mol. The standard InChI is InChI=1S/C13H23N3O3/c1-8(2)16(7-9(3)17)13(18)14-6-12-15-10(4)11(5)19-12/h8-9,17H,6-7H2,1-5H3,(H,14,18). The Bertz CT molecular complexity index is 407. The summed E-state index contributed by atoms with van der Waals surface area (Å²) >= 11 is 0. The molecule has 0 aliphatic heterocycles. The van der Waals surface area contributed by atoms with Crippen LogP contribution >= 0.6 is 0 Å². The minimum Gasteiger partial charge on any atom is -0.444 e. The van der Waals surface area contributed by atoms with Crippen molar-refractivity contribution in [2.24, 2.45) is 0 Å². The van der Waals surface area contributed by atoms with Crippen molar-refractivity contribution in [3.05, 3.63) is 17.3 Å². The highest BCUT2D eigenvalue weighted by atomic mass is 16.4. The van der Waals surface area contributed by atoms with Crippen LogP contribution in [0.4, 0.5) is 4.79 Å². The van der Waals surface area contributed by atoms with Crippen molar-refractivity contribution in [1.29, 1.82) is 0 Å². The molecule has 1 unspecified atom stereocenters. The number of nitrogens with one attached hydrogen (secondary N) is 1. The number of urea groups is 1. The average molecular weight is 269 g/mol. The minimum absolute atomic E-state index is 0.0163. The first-order chi connectivity index (χ1) is 8.81. The number of rotatable bonds is 5. The van der Waals surface area contributed by atoms with Crippen molar-refractivity contribution in [2.45, 2.75) is 53.3 Å². The number of aliphatic hydroxyl groups excluding tert-OH is 1. The van der Waals surface area contributed by atoms with E-state index in [1.54, 1.807) is 11.8 Å². The van der Waals surface area contributed by atoms with Crippen LogP contribution in [0.2, 0.25) is 0 Å². The number of oxazole rings is 1. The molecule has 1 heterocycles. The number of aryl methyl sites for hydroxylation is 2. The van der Waals surface area contributed by atoms with Gasteiger partial charge in [-0.2, -0.15) is 0 Å². The Labute approximate surface area is 113 Å². The zero-order valence-electron chi connectivity index (χ0n) is 12.2. The van der Waals surface area contributed by atoms with Gasteiger partial charge in [-0.3, -0.25) is 0 Å². The summed E-state index contributed by atoms with van der Waals surface area (Å²) < 4.78 is 5.39. The predicted molar refractivity (Wildman–Crippen MR) is 71.7 cm³/mol. The van der Waals surface area contributed by atoms with Gasteiger partial charge in [0.15, 0.2) is 0 Å². The average Bonchev–Trinajstić information content (AvgIpc) is 2.62. The molecule has 19 heavy (non-hydrogen) atoms. The maximum atomic E-state index is 12.0. The van der Waals surface area contributed by atoms with Gasteiger partial charge in [-0.1, -0.05) is 0 Å². The Hall–Kier alpha value is -1.56. The lowest BCUT2D eigenvalue weighted by Crippen LogP contribution is -2.46. The van der Waals surface area contributed by atoms with Crippen molar-refractivity contribution < 1.29 is 14.3 Å². The molecule has 0 bridgehead atoms. The normalized spacial score (nSPS) is 12.6. The molecule has 0 aliphatic rings. The maximum absolute atomic E-state index is 12.0. The zero-order valence-corrected chi connectivity index (χ0v) is 12.2. The van der Waals surface area contributed by atoms with E-state index in [4.69, 9.17) is 4.42 Å². The summed E-state index contributed by atoms with van der Waals surface area (Å²) in [7, 11) is 0. The van der Waals surface area contributed by atoms with Crippen LogP contribution in [0, 0.1) is 13.8 Å². The highest BCUT2D eigenvalue weighted by molar-refractivity contribution is 5.74. The Morgan fingerprint density at radius 2 is 2.05 bits per heavy atom. The smallest absolute Gasteiger partial charge is 0.318 e. The van der Waals surface area contributed by atoms with Crippen LogP contribution in [0.25, 0.3) is 0 Å². The van der Waals surface area contributed by atoms with Crippen molar-refractivity contribution in [2.75, 3.05) is 6.54 Å². The second kappa shape index (κ2) is 6.56. The van der Waals surface area contributed by atoms with E-state index >= 15 is 0 Å². The predicted octanol–water partition coefficient (Wildman–Crippen LogP) is 1.59. The van der Waals surface area contributed by atoms with Crippen LogP contribution < -0.4 is 5.32 Å². The highest BCUT2D eigenvalue weighted by Gasteiger charge is 2.19. The molecule has 1 aromatic heterocycles. The first kappa shape index (κ1) is 15.5. The summed E-state index contributed by atoms with van der Waals surface area (Å²) in [6, 6.07) is -0.216. The lowest BCUT2D eigenvalue weighted by molar-refractivity contribution is 0.118. The number of aromatic nitrogens is 1. The fraction of sp³-hybridized carbons (Fsp3) is 0.692. The van der Waals surface area contributed by atoms with E-state index in [-0.39, 0.29) is 18.6 Å². The lowest BCUT2D eigenvalue weighted by atomic mass is 10.3. The molecule has 0 fully saturated rings. The van der Waals surface area contributed by atoms with Crippen LogP contribution in [0.1, 0.15) is 38.1 Å². The number of hydrogen-bond acceptors (Lipinski definition) is 4. The van der Waals surface area contributed by atoms with Gasteiger partial charge in [0.05, 0.1) is 18.3 Å². The lowest BCUT2D eigenvalue weighted by Gasteiger charge is -2.27.